The molecule has 0 aliphatic heterocycles. The molecule has 0 aromatic heterocycles. The maximum atomic E-state index is 12.9. The Bertz CT molecular complexity index is 1960. The second kappa shape index (κ2) is 13.4. The lowest BCUT2D eigenvalue weighted by Crippen LogP contribution is -2.29. The first-order valence-corrected chi connectivity index (χ1v) is 15.2. The topological polar surface area (TPSA) is 105 Å². The maximum Gasteiger partial charge on any atom is 0.338 e. The molecule has 0 spiro atoms. The largest absolute Gasteiger partial charge is 0.419 e. The highest BCUT2D eigenvalue weighted by atomic mass is 16.6. The SMILES string of the molecule is C=C(C)C(=O)Oc1ccc(C2(c3ccc(OC(=O)C(=C)C)c(OC(=O)C(=C)C)c3)c3ccccc3-c3ccccc32)cc1OC(=O)C(=C)C. The molecule has 4 aromatic carbocycles. The molecule has 0 bridgehead atoms. The van der Waals surface area contributed by atoms with Gasteiger partial charge in [-0.15, -0.1) is 0 Å². The minimum atomic E-state index is -1.12. The van der Waals surface area contributed by atoms with Crippen LogP contribution in [0.15, 0.2) is 134 Å². The van der Waals surface area contributed by atoms with E-state index in [0.29, 0.717) is 11.1 Å². The number of carbonyl (C=O) groups is 4. The Hall–Kier alpha value is -6.28. The fraction of sp³-hybridized carbons (Fsp3) is 0.122. The third-order valence-electron chi connectivity index (χ3n) is 7.91. The van der Waals surface area contributed by atoms with Crippen LogP contribution in [0, 0.1) is 0 Å². The molecule has 246 valence electrons. The average Bonchev–Trinajstić information content (AvgIpc) is 3.37. The van der Waals surface area contributed by atoms with Gasteiger partial charge in [0.15, 0.2) is 23.0 Å². The van der Waals surface area contributed by atoms with E-state index in [0.717, 1.165) is 22.3 Å². The Morgan fingerprint density at radius 2 is 0.755 bits per heavy atom. The van der Waals surface area contributed by atoms with Crippen LogP contribution in [0.3, 0.4) is 0 Å². The van der Waals surface area contributed by atoms with Gasteiger partial charge < -0.3 is 18.9 Å². The zero-order valence-electron chi connectivity index (χ0n) is 27.7. The van der Waals surface area contributed by atoms with E-state index in [1.807, 2.05) is 48.5 Å². The zero-order valence-corrected chi connectivity index (χ0v) is 27.7. The molecule has 49 heavy (non-hydrogen) atoms. The van der Waals surface area contributed by atoms with Gasteiger partial charge in [-0.2, -0.15) is 0 Å². The monoisotopic (exact) mass is 654 g/mol. The summed E-state index contributed by atoms with van der Waals surface area (Å²) in [5.41, 5.74) is 4.31. The number of esters is 4. The van der Waals surface area contributed by atoms with Crippen molar-refractivity contribution < 1.29 is 38.1 Å². The summed E-state index contributed by atoms with van der Waals surface area (Å²) >= 11 is 0. The van der Waals surface area contributed by atoms with Crippen LogP contribution < -0.4 is 18.9 Å². The Balaban J connectivity index is 1.85. The summed E-state index contributed by atoms with van der Waals surface area (Å²) in [5.74, 6) is -2.89. The van der Waals surface area contributed by atoms with Gasteiger partial charge in [-0.3, -0.25) is 0 Å². The van der Waals surface area contributed by atoms with Crippen molar-refractivity contribution in [2.24, 2.45) is 0 Å². The van der Waals surface area contributed by atoms with Crippen molar-refractivity contribution in [1.29, 1.82) is 0 Å². The molecular weight excluding hydrogens is 620 g/mol. The summed E-state index contributed by atoms with van der Waals surface area (Å²) in [6.07, 6.45) is 0. The standard InChI is InChI=1S/C41H34O8/c1-23(2)37(42)46-33-19-17-27(21-35(33)48-39(44)25(5)6)41(31-15-11-9-13-29(31)30-14-10-12-16-32(30)41)28-18-20-34(47-38(43)24(3)4)36(22-28)49-40(45)26(7)8/h9-22H,1,3,5,7H2,2,4,6,8H3. The molecule has 8 heteroatoms. The quantitative estimate of drug-likeness (QED) is 0.0848. The number of ether oxygens (including phenoxy) is 4. The number of carbonyl (C=O) groups excluding carboxylic acids is 4. The Morgan fingerprint density at radius 1 is 0.449 bits per heavy atom. The predicted molar refractivity (Wildman–Crippen MR) is 186 cm³/mol. The first kappa shape index (κ1) is 34.1. The minimum Gasteiger partial charge on any atom is -0.419 e. The van der Waals surface area contributed by atoms with Crippen LogP contribution in [-0.2, 0) is 24.6 Å². The van der Waals surface area contributed by atoms with Crippen LogP contribution in [0.2, 0.25) is 0 Å². The molecule has 1 aliphatic carbocycles. The summed E-state index contributed by atoms with van der Waals surface area (Å²) in [6, 6.07) is 25.6. The molecule has 4 aromatic rings. The Kier molecular flexibility index (Phi) is 9.35. The van der Waals surface area contributed by atoms with Crippen molar-refractivity contribution in [3.05, 3.63) is 156 Å². The normalized spacial score (nSPS) is 12.1. The molecule has 0 N–H and O–H groups in total. The molecule has 0 amide bonds. The highest BCUT2D eigenvalue weighted by Gasteiger charge is 2.47. The number of hydrogen-bond acceptors (Lipinski definition) is 8. The molecule has 0 heterocycles. The number of rotatable bonds is 10. The zero-order chi connectivity index (χ0) is 35.6. The molecular formula is C41H34O8. The van der Waals surface area contributed by atoms with Crippen molar-refractivity contribution >= 4 is 23.9 Å². The lowest BCUT2D eigenvalue weighted by molar-refractivity contribution is -0.132. The first-order chi connectivity index (χ1) is 23.2. The van der Waals surface area contributed by atoms with E-state index in [-0.39, 0.29) is 45.3 Å². The van der Waals surface area contributed by atoms with Gasteiger partial charge in [0, 0.05) is 22.3 Å². The second-order valence-corrected chi connectivity index (χ2v) is 11.8. The predicted octanol–water partition coefficient (Wildman–Crippen LogP) is 7.98. The van der Waals surface area contributed by atoms with E-state index in [4.69, 9.17) is 18.9 Å². The highest BCUT2D eigenvalue weighted by molar-refractivity contribution is 5.93. The van der Waals surface area contributed by atoms with E-state index in [1.54, 1.807) is 36.4 Å². The number of hydrogen-bond donors (Lipinski definition) is 0. The van der Waals surface area contributed by atoms with Gasteiger partial charge in [-0.1, -0.05) is 87.0 Å². The van der Waals surface area contributed by atoms with Crippen LogP contribution in [0.4, 0.5) is 0 Å². The van der Waals surface area contributed by atoms with Crippen LogP contribution in [0.1, 0.15) is 49.9 Å². The van der Waals surface area contributed by atoms with Gasteiger partial charge in [0.1, 0.15) is 0 Å². The van der Waals surface area contributed by atoms with Crippen LogP contribution in [0.5, 0.6) is 23.0 Å². The molecule has 0 saturated carbocycles. The summed E-state index contributed by atoms with van der Waals surface area (Å²) < 4.78 is 22.6. The Morgan fingerprint density at radius 3 is 1.08 bits per heavy atom. The summed E-state index contributed by atoms with van der Waals surface area (Å²) in [4.78, 5) is 50.9. The number of fused-ring (bicyclic) bond motifs is 3. The highest BCUT2D eigenvalue weighted by Crippen LogP contribution is 2.57. The third kappa shape index (κ3) is 6.36. The lowest BCUT2D eigenvalue weighted by Gasteiger charge is -2.34. The van der Waals surface area contributed by atoms with Gasteiger partial charge in [0.2, 0.25) is 0 Å². The molecule has 0 unspecified atom stereocenters. The molecule has 1 aliphatic rings. The maximum absolute atomic E-state index is 12.9. The summed E-state index contributed by atoms with van der Waals surface area (Å²) in [7, 11) is 0. The minimum absolute atomic E-state index is 0.000741. The van der Waals surface area contributed by atoms with E-state index in [2.05, 4.69) is 26.3 Å². The average molecular weight is 655 g/mol. The third-order valence-corrected chi connectivity index (χ3v) is 7.91. The molecule has 0 fully saturated rings. The molecule has 0 atom stereocenters. The van der Waals surface area contributed by atoms with Crippen LogP contribution >= 0.6 is 0 Å². The fourth-order valence-corrected chi connectivity index (χ4v) is 5.58. The van der Waals surface area contributed by atoms with Crippen molar-refractivity contribution in [2.75, 3.05) is 0 Å². The molecule has 0 saturated heterocycles. The first-order valence-electron chi connectivity index (χ1n) is 15.2. The van der Waals surface area contributed by atoms with Crippen molar-refractivity contribution in [1.82, 2.24) is 0 Å². The van der Waals surface area contributed by atoms with E-state index >= 15 is 0 Å². The van der Waals surface area contributed by atoms with Gasteiger partial charge in [0.05, 0.1) is 5.41 Å². The molecule has 8 nitrogen and oxygen atoms in total. The van der Waals surface area contributed by atoms with Gasteiger partial charge >= 0.3 is 23.9 Å². The van der Waals surface area contributed by atoms with Crippen molar-refractivity contribution in [3.8, 4) is 34.1 Å². The smallest absolute Gasteiger partial charge is 0.338 e. The van der Waals surface area contributed by atoms with Gasteiger partial charge in [0.25, 0.3) is 0 Å². The summed E-state index contributed by atoms with van der Waals surface area (Å²) in [6.45, 7) is 20.7. The van der Waals surface area contributed by atoms with Crippen molar-refractivity contribution in [3.63, 3.8) is 0 Å². The van der Waals surface area contributed by atoms with Crippen LogP contribution in [-0.4, -0.2) is 23.9 Å². The number of benzene rings is 4. The molecule has 5 rings (SSSR count). The van der Waals surface area contributed by atoms with Gasteiger partial charge in [-0.05, 0) is 85.3 Å². The van der Waals surface area contributed by atoms with E-state index in [1.165, 1.54) is 27.7 Å². The fourth-order valence-electron chi connectivity index (χ4n) is 5.58. The van der Waals surface area contributed by atoms with Crippen LogP contribution in [0.25, 0.3) is 11.1 Å². The summed E-state index contributed by atoms with van der Waals surface area (Å²) in [5, 5.41) is 0. The molecule has 0 radical (unpaired) electrons. The van der Waals surface area contributed by atoms with Crippen molar-refractivity contribution in [2.45, 2.75) is 33.1 Å². The lowest BCUT2D eigenvalue weighted by atomic mass is 9.67. The second-order valence-electron chi connectivity index (χ2n) is 11.8. The van der Waals surface area contributed by atoms with E-state index < -0.39 is 29.3 Å². The van der Waals surface area contributed by atoms with E-state index in [9.17, 15) is 19.2 Å². The Labute approximate surface area is 284 Å². The van der Waals surface area contributed by atoms with Gasteiger partial charge in [-0.25, -0.2) is 19.2 Å².